The molecule has 0 aromatic heterocycles. The molecule has 0 aromatic rings. The number of fused-ring (bicyclic) bond motifs is 1. The van der Waals surface area contributed by atoms with E-state index in [-0.39, 0.29) is 0 Å². The van der Waals surface area contributed by atoms with E-state index in [1.165, 1.54) is 0 Å². The molecule has 0 bridgehead atoms. The van der Waals surface area contributed by atoms with Crippen LogP contribution in [0.15, 0.2) is 0 Å². The van der Waals surface area contributed by atoms with Gasteiger partial charge in [-0.1, -0.05) is 0 Å². The van der Waals surface area contributed by atoms with Crippen LogP contribution in [0.25, 0.3) is 0 Å². The van der Waals surface area contributed by atoms with Gasteiger partial charge in [-0.15, -0.1) is 0 Å². The quantitative estimate of drug-likeness (QED) is 0.529. The van der Waals surface area contributed by atoms with Gasteiger partial charge in [0.1, 0.15) is 24.4 Å². The average molecular weight is 220 g/mol. The monoisotopic (exact) mass is 220 g/mol. The van der Waals surface area contributed by atoms with Crippen molar-refractivity contribution in [3.63, 3.8) is 0 Å². The first-order chi connectivity index (χ1) is 6.94. The Hall–Kier alpha value is -0.240. The van der Waals surface area contributed by atoms with Crippen molar-refractivity contribution in [3.05, 3.63) is 0 Å². The van der Waals surface area contributed by atoms with E-state index in [1.54, 1.807) is 13.8 Å². The van der Waals surface area contributed by atoms with Crippen molar-refractivity contribution < 1.29 is 29.5 Å². The van der Waals surface area contributed by atoms with Crippen molar-refractivity contribution in [3.8, 4) is 0 Å². The van der Waals surface area contributed by atoms with Crippen LogP contribution in [0.4, 0.5) is 0 Å². The van der Waals surface area contributed by atoms with Gasteiger partial charge in [0.25, 0.3) is 0 Å². The second-order valence-corrected chi connectivity index (χ2v) is 4.31. The van der Waals surface area contributed by atoms with E-state index in [1.807, 2.05) is 0 Å². The van der Waals surface area contributed by atoms with Crippen molar-refractivity contribution in [1.29, 1.82) is 0 Å². The van der Waals surface area contributed by atoms with Crippen molar-refractivity contribution in [2.24, 2.45) is 0 Å². The molecule has 3 N–H and O–H groups in total. The number of aliphatic hydroxyl groups excluding tert-OH is 3. The van der Waals surface area contributed by atoms with E-state index in [0.29, 0.717) is 0 Å². The van der Waals surface area contributed by atoms with Gasteiger partial charge in [0.05, 0.1) is 6.61 Å². The molecular formula is C9H16O6. The van der Waals surface area contributed by atoms with Gasteiger partial charge in [-0.05, 0) is 13.8 Å². The molecule has 2 saturated heterocycles. The van der Waals surface area contributed by atoms with E-state index < -0.39 is 43.1 Å². The number of aliphatic hydroxyl groups is 3. The van der Waals surface area contributed by atoms with Gasteiger partial charge in [0, 0.05) is 0 Å². The largest absolute Gasteiger partial charge is 0.394 e. The normalized spacial score (nSPS) is 45.4. The third-order valence-corrected chi connectivity index (χ3v) is 2.63. The van der Waals surface area contributed by atoms with Crippen LogP contribution < -0.4 is 0 Å². The highest BCUT2D eigenvalue weighted by Crippen LogP contribution is 2.38. The van der Waals surface area contributed by atoms with Crippen LogP contribution in [0.1, 0.15) is 13.8 Å². The van der Waals surface area contributed by atoms with Crippen LogP contribution in [-0.4, -0.2) is 58.4 Å². The number of ether oxygens (including phenoxy) is 3. The lowest BCUT2D eigenvalue weighted by atomic mass is 10.1. The van der Waals surface area contributed by atoms with E-state index >= 15 is 0 Å². The average Bonchev–Trinajstić information content (AvgIpc) is 2.61. The molecule has 0 radical (unpaired) electrons. The van der Waals surface area contributed by atoms with Gasteiger partial charge in [-0.3, -0.25) is 0 Å². The van der Waals surface area contributed by atoms with Crippen LogP contribution in [0.5, 0.6) is 0 Å². The van der Waals surface area contributed by atoms with Gasteiger partial charge < -0.3 is 29.5 Å². The molecular weight excluding hydrogens is 204 g/mol. The summed E-state index contributed by atoms with van der Waals surface area (Å²) in [6.07, 6.45) is -4.10. The summed E-state index contributed by atoms with van der Waals surface area (Å²) >= 11 is 0. The topological polar surface area (TPSA) is 88.4 Å². The van der Waals surface area contributed by atoms with Crippen molar-refractivity contribution in [1.82, 2.24) is 0 Å². The lowest BCUT2D eigenvalue weighted by Gasteiger charge is -2.24. The minimum Gasteiger partial charge on any atom is -0.394 e. The molecule has 1 unspecified atom stereocenters. The van der Waals surface area contributed by atoms with E-state index in [9.17, 15) is 10.2 Å². The highest BCUT2D eigenvalue weighted by atomic mass is 16.8. The summed E-state index contributed by atoms with van der Waals surface area (Å²) in [6.45, 7) is 3.01. The van der Waals surface area contributed by atoms with Gasteiger partial charge in [-0.25, -0.2) is 0 Å². The maximum absolute atomic E-state index is 9.53. The van der Waals surface area contributed by atoms with Crippen molar-refractivity contribution in [2.45, 2.75) is 50.3 Å². The Morgan fingerprint density at radius 3 is 2.47 bits per heavy atom. The highest BCUT2D eigenvalue weighted by Gasteiger charge is 2.56. The maximum atomic E-state index is 9.53. The molecule has 0 aromatic carbocycles. The molecule has 2 aliphatic rings. The molecule has 0 aliphatic carbocycles. The first-order valence-electron chi connectivity index (χ1n) is 4.93. The molecule has 2 rings (SSSR count). The zero-order valence-electron chi connectivity index (χ0n) is 8.66. The molecule has 2 aliphatic heterocycles. The summed E-state index contributed by atoms with van der Waals surface area (Å²) < 4.78 is 16.0. The molecule has 15 heavy (non-hydrogen) atoms. The van der Waals surface area contributed by atoms with Gasteiger partial charge in [0.2, 0.25) is 0 Å². The predicted octanol–water partition coefficient (Wildman–Crippen LogP) is -1.42. The zero-order chi connectivity index (χ0) is 11.2. The maximum Gasteiger partial charge on any atom is 0.184 e. The molecule has 2 fully saturated rings. The van der Waals surface area contributed by atoms with Gasteiger partial charge in [0.15, 0.2) is 12.1 Å². The Labute approximate surface area is 87.4 Å². The van der Waals surface area contributed by atoms with Crippen LogP contribution in [0.2, 0.25) is 0 Å². The Morgan fingerprint density at radius 2 is 1.87 bits per heavy atom. The van der Waals surface area contributed by atoms with Crippen LogP contribution >= 0.6 is 0 Å². The number of hydrogen-bond acceptors (Lipinski definition) is 6. The van der Waals surface area contributed by atoms with Gasteiger partial charge in [-0.2, -0.15) is 0 Å². The summed E-state index contributed by atoms with van der Waals surface area (Å²) in [7, 11) is 0. The molecule has 0 saturated carbocycles. The minimum atomic E-state index is -1.12. The van der Waals surface area contributed by atoms with Crippen LogP contribution in [-0.2, 0) is 14.2 Å². The summed E-state index contributed by atoms with van der Waals surface area (Å²) in [5.74, 6) is -0.798. The SMILES string of the molecule is CC1(C)O[C@H]2[C@@H]([C@@H](O)CO)OC(O)[C@H]2O1. The first kappa shape index (κ1) is 11.3. The minimum absolute atomic E-state index is 0.440. The van der Waals surface area contributed by atoms with Crippen LogP contribution in [0, 0.1) is 0 Å². The van der Waals surface area contributed by atoms with Crippen molar-refractivity contribution >= 4 is 0 Å². The third-order valence-electron chi connectivity index (χ3n) is 2.63. The molecule has 6 heteroatoms. The fourth-order valence-electron chi connectivity index (χ4n) is 2.02. The highest BCUT2D eigenvalue weighted by molar-refractivity contribution is 4.97. The molecule has 6 nitrogen and oxygen atoms in total. The zero-order valence-corrected chi connectivity index (χ0v) is 8.66. The van der Waals surface area contributed by atoms with E-state index in [0.717, 1.165) is 0 Å². The van der Waals surface area contributed by atoms with Crippen LogP contribution in [0.3, 0.4) is 0 Å². The molecule has 2 heterocycles. The second kappa shape index (κ2) is 3.65. The molecule has 0 amide bonds. The Balaban J connectivity index is 2.12. The fraction of sp³-hybridized carbons (Fsp3) is 1.00. The van der Waals surface area contributed by atoms with Crippen molar-refractivity contribution in [2.75, 3.05) is 6.61 Å². The summed E-state index contributed by atoms with van der Waals surface area (Å²) in [6, 6.07) is 0. The van der Waals surface area contributed by atoms with E-state index in [4.69, 9.17) is 19.3 Å². The first-order valence-corrected chi connectivity index (χ1v) is 4.93. The Kier molecular flexibility index (Phi) is 2.74. The van der Waals surface area contributed by atoms with Gasteiger partial charge >= 0.3 is 0 Å². The summed E-state index contributed by atoms with van der Waals surface area (Å²) in [4.78, 5) is 0. The Morgan fingerprint density at radius 1 is 1.27 bits per heavy atom. The number of rotatable bonds is 2. The second-order valence-electron chi connectivity index (χ2n) is 4.31. The third kappa shape index (κ3) is 1.89. The van der Waals surface area contributed by atoms with E-state index in [2.05, 4.69) is 0 Å². The predicted molar refractivity (Wildman–Crippen MR) is 47.8 cm³/mol. The molecule has 5 atom stereocenters. The fourth-order valence-corrected chi connectivity index (χ4v) is 2.02. The standard InChI is InChI=1S/C9H16O6/c1-9(2)14-6-5(4(11)3-10)13-8(12)7(6)15-9/h4-8,10-12H,3H2,1-2H3/t4-,5+,6-,7-,8?/m0/s1. The smallest absolute Gasteiger partial charge is 0.184 e. The summed E-state index contributed by atoms with van der Waals surface area (Å²) in [5.41, 5.74) is 0. The lowest BCUT2D eigenvalue weighted by Crippen LogP contribution is -2.40. The molecule has 88 valence electrons. The Bertz CT molecular complexity index is 243. The number of hydrogen-bond donors (Lipinski definition) is 3. The lowest BCUT2D eigenvalue weighted by molar-refractivity contribution is -0.231. The summed E-state index contributed by atoms with van der Waals surface area (Å²) in [5, 5.41) is 27.8. The molecule has 0 spiro atoms.